The SMILES string of the molecule is COc1ccc(C2=NN3[C@@H](c4cc(Br)ccc4O)Oc4ccc(Cl)cc4[C@@H]3C2)cc1. The van der Waals surface area contributed by atoms with Crippen LogP contribution in [0.15, 0.2) is 70.2 Å². The highest BCUT2D eigenvalue weighted by molar-refractivity contribution is 9.10. The molecule has 0 amide bonds. The summed E-state index contributed by atoms with van der Waals surface area (Å²) >= 11 is 9.77. The zero-order chi connectivity index (χ0) is 20.8. The number of nitrogens with zero attached hydrogens (tertiary/aromatic N) is 2. The van der Waals surface area contributed by atoms with Crippen molar-refractivity contribution >= 4 is 33.2 Å². The average Bonchev–Trinajstić information content (AvgIpc) is 3.21. The maximum absolute atomic E-state index is 10.5. The summed E-state index contributed by atoms with van der Waals surface area (Å²) in [4.78, 5) is 0. The monoisotopic (exact) mass is 484 g/mol. The molecule has 3 aromatic rings. The van der Waals surface area contributed by atoms with Gasteiger partial charge in [-0.15, -0.1) is 0 Å². The molecule has 2 heterocycles. The number of methoxy groups -OCH3 is 1. The molecule has 30 heavy (non-hydrogen) atoms. The molecule has 2 aliphatic rings. The first kappa shape index (κ1) is 19.3. The minimum absolute atomic E-state index is 0.0482. The summed E-state index contributed by atoms with van der Waals surface area (Å²) < 4.78 is 12.4. The first-order valence-electron chi connectivity index (χ1n) is 9.48. The fraction of sp³-hybridized carbons (Fsp3) is 0.174. The van der Waals surface area contributed by atoms with Crippen LogP contribution in [-0.2, 0) is 0 Å². The zero-order valence-electron chi connectivity index (χ0n) is 16.0. The van der Waals surface area contributed by atoms with Gasteiger partial charge in [-0.3, -0.25) is 0 Å². The van der Waals surface area contributed by atoms with Crippen molar-refractivity contribution in [3.8, 4) is 17.2 Å². The van der Waals surface area contributed by atoms with Gasteiger partial charge >= 0.3 is 0 Å². The molecule has 0 aliphatic carbocycles. The number of phenols is 1. The third-order valence-electron chi connectivity index (χ3n) is 5.43. The fourth-order valence-electron chi connectivity index (χ4n) is 3.94. The minimum Gasteiger partial charge on any atom is -0.507 e. The lowest BCUT2D eigenvalue weighted by Crippen LogP contribution is -2.33. The van der Waals surface area contributed by atoms with Crippen LogP contribution in [0, 0.1) is 0 Å². The molecule has 152 valence electrons. The summed E-state index contributed by atoms with van der Waals surface area (Å²) in [7, 11) is 1.65. The van der Waals surface area contributed by atoms with Crippen LogP contribution in [0.3, 0.4) is 0 Å². The van der Waals surface area contributed by atoms with Crippen LogP contribution in [0.4, 0.5) is 0 Å². The summed E-state index contributed by atoms with van der Waals surface area (Å²) in [6.45, 7) is 0. The molecule has 0 bridgehead atoms. The van der Waals surface area contributed by atoms with Gasteiger partial charge in [0.15, 0.2) is 0 Å². The molecule has 0 saturated carbocycles. The molecule has 3 aromatic carbocycles. The first-order chi connectivity index (χ1) is 14.5. The van der Waals surface area contributed by atoms with E-state index in [4.69, 9.17) is 26.2 Å². The molecule has 2 aliphatic heterocycles. The van der Waals surface area contributed by atoms with Crippen LogP contribution in [0.2, 0.25) is 5.02 Å². The number of aromatic hydroxyl groups is 1. The predicted molar refractivity (Wildman–Crippen MR) is 119 cm³/mol. The summed E-state index contributed by atoms with van der Waals surface area (Å²) in [6, 6.07) is 18.7. The first-order valence-corrected chi connectivity index (χ1v) is 10.7. The predicted octanol–water partition coefficient (Wildman–Crippen LogP) is 6.06. The number of ether oxygens (including phenoxy) is 2. The van der Waals surface area contributed by atoms with E-state index in [-0.39, 0.29) is 11.8 Å². The highest BCUT2D eigenvalue weighted by atomic mass is 79.9. The van der Waals surface area contributed by atoms with Crippen molar-refractivity contribution in [2.24, 2.45) is 5.10 Å². The summed E-state index contributed by atoms with van der Waals surface area (Å²) in [5.41, 5.74) is 3.60. The number of halogens is 2. The van der Waals surface area contributed by atoms with E-state index >= 15 is 0 Å². The molecular weight excluding hydrogens is 468 g/mol. The Labute approximate surface area is 187 Å². The Morgan fingerprint density at radius 1 is 1.10 bits per heavy atom. The number of benzene rings is 3. The van der Waals surface area contributed by atoms with E-state index in [0.29, 0.717) is 17.0 Å². The second-order valence-electron chi connectivity index (χ2n) is 7.23. The summed E-state index contributed by atoms with van der Waals surface area (Å²) in [5, 5.41) is 18.0. The zero-order valence-corrected chi connectivity index (χ0v) is 18.4. The Morgan fingerprint density at radius 3 is 2.67 bits per heavy atom. The van der Waals surface area contributed by atoms with Crippen LogP contribution < -0.4 is 9.47 Å². The number of rotatable bonds is 3. The van der Waals surface area contributed by atoms with Crippen LogP contribution in [0.1, 0.15) is 35.4 Å². The van der Waals surface area contributed by atoms with Gasteiger partial charge in [0.2, 0.25) is 6.23 Å². The average molecular weight is 486 g/mol. The molecule has 5 rings (SSSR count). The Morgan fingerprint density at radius 2 is 1.90 bits per heavy atom. The number of hydrogen-bond donors (Lipinski definition) is 1. The van der Waals surface area contributed by atoms with Crippen molar-refractivity contribution < 1.29 is 14.6 Å². The van der Waals surface area contributed by atoms with Crippen molar-refractivity contribution in [2.75, 3.05) is 7.11 Å². The van der Waals surface area contributed by atoms with Crippen molar-refractivity contribution in [3.63, 3.8) is 0 Å². The van der Waals surface area contributed by atoms with Crippen LogP contribution >= 0.6 is 27.5 Å². The van der Waals surface area contributed by atoms with Gasteiger partial charge in [0.1, 0.15) is 17.2 Å². The van der Waals surface area contributed by atoms with Crippen LogP contribution in [0.5, 0.6) is 17.2 Å². The summed E-state index contributed by atoms with van der Waals surface area (Å²) in [6.07, 6.45) is 0.144. The molecule has 0 fully saturated rings. The van der Waals surface area contributed by atoms with Crippen LogP contribution in [-0.4, -0.2) is 22.9 Å². The molecule has 1 N–H and O–H groups in total. The Kier molecular flexibility index (Phi) is 4.83. The standard InChI is InChI=1S/C23H18BrClN2O3/c1-29-16-6-2-13(3-7-16)19-12-20-17-11-15(25)5-9-22(17)30-23(27(20)26-19)18-10-14(24)4-8-21(18)28/h2-11,20,23,28H,12H2,1H3/t20-,23+/m0/s1. The minimum atomic E-state index is -0.558. The lowest BCUT2D eigenvalue weighted by molar-refractivity contribution is -0.0203. The number of fused-ring (bicyclic) bond motifs is 3. The van der Waals surface area contributed by atoms with Gasteiger partial charge in [-0.05, 0) is 66.2 Å². The second kappa shape index (κ2) is 7.52. The van der Waals surface area contributed by atoms with Crippen molar-refractivity contribution in [1.29, 1.82) is 0 Å². The fourth-order valence-corrected chi connectivity index (χ4v) is 4.50. The van der Waals surface area contributed by atoms with E-state index in [9.17, 15) is 5.11 Å². The quantitative estimate of drug-likeness (QED) is 0.490. The molecule has 0 unspecified atom stereocenters. The lowest BCUT2D eigenvalue weighted by atomic mass is 9.96. The van der Waals surface area contributed by atoms with Gasteiger partial charge < -0.3 is 14.6 Å². The van der Waals surface area contributed by atoms with Gasteiger partial charge in [-0.25, -0.2) is 5.01 Å². The van der Waals surface area contributed by atoms with E-state index in [1.165, 1.54) is 0 Å². The molecule has 0 spiro atoms. The summed E-state index contributed by atoms with van der Waals surface area (Å²) in [5.74, 6) is 1.70. The normalized spacial score (nSPS) is 19.6. The van der Waals surface area contributed by atoms with Crippen molar-refractivity contribution in [3.05, 3.63) is 86.8 Å². The van der Waals surface area contributed by atoms with E-state index in [2.05, 4.69) is 15.9 Å². The maximum atomic E-state index is 10.5. The molecule has 0 radical (unpaired) electrons. The van der Waals surface area contributed by atoms with Gasteiger partial charge in [0.05, 0.1) is 24.4 Å². The smallest absolute Gasteiger partial charge is 0.217 e. The van der Waals surface area contributed by atoms with Crippen LogP contribution in [0.25, 0.3) is 0 Å². The maximum Gasteiger partial charge on any atom is 0.217 e. The largest absolute Gasteiger partial charge is 0.507 e. The molecule has 0 saturated heterocycles. The highest BCUT2D eigenvalue weighted by Gasteiger charge is 2.42. The van der Waals surface area contributed by atoms with Gasteiger partial charge in [-0.1, -0.05) is 27.5 Å². The van der Waals surface area contributed by atoms with Gasteiger partial charge in [0.25, 0.3) is 0 Å². The van der Waals surface area contributed by atoms with Gasteiger partial charge in [-0.2, -0.15) is 5.10 Å². The van der Waals surface area contributed by atoms with E-state index in [1.807, 2.05) is 53.5 Å². The van der Waals surface area contributed by atoms with E-state index < -0.39 is 6.23 Å². The third kappa shape index (κ3) is 3.30. The number of hydrazone groups is 1. The molecule has 2 atom stereocenters. The Hall–Kier alpha value is -2.70. The van der Waals surface area contributed by atoms with E-state index in [0.717, 1.165) is 32.8 Å². The second-order valence-corrected chi connectivity index (χ2v) is 8.58. The van der Waals surface area contributed by atoms with Crippen molar-refractivity contribution in [1.82, 2.24) is 5.01 Å². The van der Waals surface area contributed by atoms with Gasteiger partial charge in [0, 0.05) is 21.5 Å². The molecular formula is C23H18BrClN2O3. The van der Waals surface area contributed by atoms with Crippen molar-refractivity contribution in [2.45, 2.75) is 18.7 Å². The Bertz CT molecular complexity index is 1150. The third-order valence-corrected chi connectivity index (χ3v) is 6.16. The molecule has 7 heteroatoms. The number of hydrogen-bond acceptors (Lipinski definition) is 5. The van der Waals surface area contributed by atoms with E-state index in [1.54, 1.807) is 19.2 Å². The highest BCUT2D eigenvalue weighted by Crippen LogP contribution is 2.49. The topological polar surface area (TPSA) is 54.3 Å². The number of phenolic OH excluding ortho intramolecular Hbond substituents is 1. The lowest BCUT2D eigenvalue weighted by Gasteiger charge is -2.38. The molecule has 0 aromatic heterocycles. The Balaban J connectivity index is 1.61. The molecule has 5 nitrogen and oxygen atoms in total.